The Morgan fingerprint density at radius 1 is 0.917 bits per heavy atom. The van der Waals surface area contributed by atoms with Crippen LogP contribution >= 0.6 is 11.6 Å². The zero-order valence-electron chi connectivity index (χ0n) is 13.8. The van der Waals surface area contributed by atoms with Crippen LogP contribution in [-0.4, -0.2) is 15.2 Å². The molecule has 0 radical (unpaired) electrons. The summed E-state index contributed by atoms with van der Waals surface area (Å²) in [6.45, 7) is 6.07. The molecule has 2 aromatic carbocycles. The van der Waals surface area contributed by atoms with Crippen LogP contribution in [0.4, 0.5) is 23.1 Å². The fraction of sp³-hybridized carbons (Fsp3) is 0.167. The minimum absolute atomic E-state index is 0.435. The number of halogens is 1. The molecule has 3 rings (SSSR count). The van der Waals surface area contributed by atoms with Crippen molar-refractivity contribution >= 4 is 34.7 Å². The highest BCUT2D eigenvalue weighted by molar-refractivity contribution is 6.31. The average Bonchev–Trinajstić information content (AvgIpc) is 2.54. The smallest absolute Gasteiger partial charge is 0.249 e. The lowest BCUT2D eigenvalue weighted by Gasteiger charge is -2.10. The standard InChI is InChI=1S/C18H18ClN5/c1-11-4-7-16(13(3)8-11)22-18-23-17(10-20-24-18)21-14-6-5-12(2)15(19)9-14/h4-10H,1-3H3,(H2,21,22,23,24). The number of nitrogens with zero attached hydrogens (tertiary/aromatic N) is 3. The highest BCUT2D eigenvalue weighted by Gasteiger charge is 2.05. The van der Waals surface area contributed by atoms with Gasteiger partial charge >= 0.3 is 0 Å². The van der Waals surface area contributed by atoms with Crippen molar-refractivity contribution in [3.8, 4) is 0 Å². The van der Waals surface area contributed by atoms with Crippen LogP contribution in [-0.2, 0) is 0 Å². The van der Waals surface area contributed by atoms with Gasteiger partial charge in [0.05, 0.1) is 6.20 Å². The normalized spacial score (nSPS) is 10.5. The van der Waals surface area contributed by atoms with Gasteiger partial charge in [0.15, 0.2) is 5.82 Å². The third kappa shape index (κ3) is 3.81. The Morgan fingerprint density at radius 3 is 2.50 bits per heavy atom. The molecular weight excluding hydrogens is 322 g/mol. The molecule has 6 heteroatoms. The molecule has 0 aliphatic carbocycles. The Balaban J connectivity index is 1.79. The van der Waals surface area contributed by atoms with Gasteiger partial charge in [-0.1, -0.05) is 35.4 Å². The van der Waals surface area contributed by atoms with Crippen LogP contribution in [0.1, 0.15) is 16.7 Å². The van der Waals surface area contributed by atoms with Crippen molar-refractivity contribution < 1.29 is 0 Å². The summed E-state index contributed by atoms with van der Waals surface area (Å²) < 4.78 is 0. The molecule has 0 fully saturated rings. The van der Waals surface area contributed by atoms with E-state index >= 15 is 0 Å². The summed E-state index contributed by atoms with van der Waals surface area (Å²) >= 11 is 6.15. The molecular formula is C18H18ClN5. The topological polar surface area (TPSA) is 62.7 Å². The van der Waals surface area contributed by atoms with Crippen molar-refractivity contribution in [2.75, 3.05) is 10.6 Å². The minimum Gasteiger partial charge on any atom is -0.339 e. The number of aromatic nitrogens is 3. The lowest BCUT2D eigenvalue weighted by Crippen LogP contribution is -2.03. The van der Waals surface area contributed by atoms with Gasteiger partial charge in [0.1, 0.15) is 0 Å². The third-order valence-corrected chi connectivity index (χ3v) is 4.04. The second kappa shape index (κ2) is 6.84. The molecule has 0 atom stereocenters. The number of hydrogen-bond acceptors (Lipinski definition) is 5. The van der Waals surface area contributed by atoms with Crippen molar-refractivity contribution in [3.63, 3.8) is 0 Å². The Hall–Kier alpha value is -2.66. The minimum atomic E-state index is 0.435. The molecule has 0 spiro atoms. The predicted molar refractivity (Wildman–Crippen MR) is 98.5 cm³/mol. The molecule has 1 heterocycles. The van der Waals surface area contributed by atoms with Crippen LogP contribution in [0.3, 0.4) is 0 Å². The summed E-state index contributed by atoms with van der Waals surface area (Å²) in [7, 11) is 0. The first-order valence-electron chi connectivity index (χ1n) is 7.58. The summed E-state index contributed by atoms with van der Waals surface area (Å²) in [6.07, 6.45) is 1.57. The first kappa shape index (κ1) is 16.2. The zero-order chi connectivity index (χ0) is 17.1. The predicted octanol–water partition coefficient (Wildman–Crippen LogP) is 4.94. The van der Waals surface area contributed by atoms with Crippen LogP contribution in [0.25, 0.3) is 0 Å². The molecule has 122 valence electrons. The van der Waals surface area contributed by atoms with E-state index in [-0.39, 0.29) is 0 Å². The fourth-order valence-electron chi connectivity index (χ4n) is 2.31. The monoisotopic (exact) mass is 339 g/mol. The number of anilines is 4. The molecule has 0 unspecified atom stereocenters. The van der Waals surface area contributed by atoms with Gasteiger partial charge in [-0.25, -0.2) is 0 Å². The van der Waals surface area contributed by atoms with Crippen LogP contribution in [0.2, 0.25) is 5.02 Å². The van der Waals surface area contributed by atoms with Crippen LogP contribution in [0.5, 0.6) is 0 Å². The SMILES string of the molecule is Cc1ccc(Nc2nncc(Nc3ccc(C)c(Cl)c3)n2)c(C)c1. The summed E-state index contributed by atoms with van der Waals surface area (Å²) in [6, 6.07) is 11.9. The first-order chi connectivity index (χ1) is 11.5. The van der Waals surface area contributed by atoms with Gasteiger partial charge in [0.25, 0.3) is 0 Å². The summed E-state index contributed by atoms with van der Waals surface area (Å²) in [5.74, 6) is 1.03. The van der Waals surface area contributed by atoms with E-state index in [1.54, 1.807) is 6.20 Å². The van der Waals surface area contributed by atoms with E-state index in [2.05, 4.69) is 38.8 Å². The van der Waals surface area contributed by atoms with Crippen LogP contribution < -0.4 is 10.6 Å². The summed E-state index contributed by atoms with van der Waals surface area (Å²) in [5.41, 5.74) is 5.17. The number of nitrogens with one attached hydrogen (secondary N) is 2. The maximum Gasteiger partial charge on any atom is 0.249 e. The van der Waals surface area contributed by atoms with E-state index in [4.69, 9.17) is 11.6 Å². The second-order valence-corrected chi connectivity index (χ2v) is 6.10. The van der Waals surface area contributed by atoms with Crippen molar-refractivity contribution in [1.29, 1.82) is 0 Å². The molecule has 0 saturated heterocycles. The quantitative estimate of drug-likeness (QED) is 0.705. The fourth-order valence-corrected chi connectivity index (χ4v) is 2.49. The Morgan fingerprint density at radius 2 is 1.75 bits per heavy atom. The van der Waals surface area contributed by atoms with E-state index in [0.29, 0.717) is 16.8 Å². The summed E-state index contributed by atoms with van der Waals surface area (Å²) in [4.78, 5) is 4.44. The Bertz CT molecular complexity index is 879. The molecule has 3 aromatic rings. The van der Waals surface area contributed by atoms with E-state index in [0.717, 1.165) is 22.5 Å². The van der Waals surface area contributed by atoms with Gasteiger partial charge in [-0.3, -0.25) is 0 Å². The largest absolute Gasteiger partial charge is 0.339 e. The maximum atomic E-state index is 6.15. The molecule has 0 aliphatic rings. The summed E-state index contributed by atoms with van der Waals surface area (Å²) in [5, 5.41) is 15.1. The van der Waals surface area contributed by atoms with E-state index < -0.39 is 0 Å². The van der Waals surface area contributed by atoms with E-state index in [1.165, 1.54) is 5.56 Å². The zero-order valence-corrected chi connectivity index (χ0v) is 14.5. The average molecular weight is 340 g/mol. The van der Waals surface area contributed by atoms with Crippen molar-refractivity contribution in [1.82, 2.24) is 15.2 Å². The number of benzene rings is 2. The molecule has 24 heavy (non-hydrogen) atoms. The van der Waals surface area contributed by atoms with Gasteiger partial charge < -0.3 is 10.6 Å². The second-order valence-electron chi connectivity index (χ2n) is 5.70. The van der Waals surface area contributed by atoms with Gasteiger partial charge in [-0.05, 0) is 50.1 Å². The maximum absolute atomic E-state index is 6.15. The molecule has 2 N–H and O–H groups in total. The third-order valence-electron chi connectivity index (χ3n) is 3.63. The number of rotatable bonds is 4. The highest BCUT2D eigenvalue weighted by atomic mass is 35.5. The first-order valence-corrected chi connectivity index (χ1v) is 7.96. The van der Waals surface area contributed by atoms with E-state index in [1.807, 2.05) is 44.2 Å². The van der Waals surface area contributed by atoms with Gasteiger partial charge in [0, 0.05) is 16.4 Å². The van der Waals surface area contributed by atoms with Crippen molar-refractivity contribution in [2.45, 2.75) is 20.8 Å². The molecule has 1 aromatic heterocycles. The van der Waals surface area contributed by atoms with Crippen molar-refractivity contribution in [3.05, 3.63) is 64.3 Å². The molecule has 0 amide bonds. The Labute approximate surface area is 146 Å². The van der Waals surface area contributed by atoms with Gasteiger partial charge in [-0.15, -0.1) is 5.10 Å². The van der Waals surface area contributed by atoms with Crippen LogP contribution in [0.15, 0.2) is 42.6 Å². The number of aryl methyl sites for hydroxylation is 3. The van der Waals surface area contributed by atoms with Crippen molar-refractivity contribution in [2.24, 2.45) is 0 Å². The lowest BCUT2D eigenvalue weighted by atomic mass is 10.1. The van der Waals surface area contributed by atoms with Gasteiger partial charge in [-0.2, -0.15) is 10.1 Å². The number of hydrogen-bond donors (Lipinski definition) is 2. The van der Waals surface area contributed by atoms with Crippen LogP contribution in [0, 0.1) is 20.8 Å². The molecule has 0 saturated carbocycles. The molecule has 0 bridgehead atoms. The molecule has 0 aliphatic heterocycles. The van der Waals surface area contributed by atoms with Gasteiger partial charge in [0.2, 0.25) is 5.95 Å². The molecule has 5 nitrogen and oxygen atoms in total. The Kier molecular flexibility index (Phi) is 4.62. The van der Waals surface area contributed by atoms with E-state index in [9.17, 15) is 0 Å². The lowest BCUT2D eigenvalue weighted by molar-refractivity contribution is 0.981. The highest BCUT2D eigenvalue weighted by Crippen LogP contribution is 2.23.